The Labute approximate surface area is 141 Å². The van der Waals surface area contributed by atoms with Gasteiger partial charge in [0.25, 0.3) is 0 Å². The summed E-state index contributed by atoms with van der Waals surface area (Å²) in [4.78, 5) is 14.0. The van der Waals surface area contributed by atoms with Crippen LogP contribution < -0.4 is 11.1 Å². The van der Waals surface area contributed by atoms with Gasteiger partial charge >= 0.3 is 0 Å². The Morgan fingerprint density at radius 3 is 3.00 bits per heavy atom. The summed E-state index contributed by atoms with van der Waals surface area (Å²) in [7, 11) is 0. The molecule has 1 unspecified atom stereocenters. The molecule has 2 rings (SSSR count). The molecule has 0 saturated carbocycles. The number of likely N-dealkylation sites (tertiary alicyclic amines) is 1. The normalized spacial score (nSPS) is 19.0. The third kappa shape index (κ3) is 5.75. The smallest absolute Gasteiger partial charge is 0.221 e. The lowest BCUT2D eigenvalue weighted by atomic mass is 10.0. The van der Waals surface area contributed by atoms with Gasteiger partial charge in [0.2, 0.25) is 5.91 Å². The van der Waals surface area contributed by atoms with Gasteiger partial charge in [-0.15, -0.1) is 23.7 Å². The molecule has 0 bridgehead atoms. The van der Waals surface area contributed by atoms with Gasteiger partial charge in [0, 0.05) is 32.1 Å². The van der Waals surface area contributed by atoms with Crippen LogP contribution in [0.25, 0.3) is 0 Å². The van der Waals surface area contributed by atoms with Gasteiger partial charge in [-0.25, -0.2) is 0 Å². The van der Waals surface area contributed by atoms with E-state index >= 15 is 0 Å². The number of nitrogens with one attached hydrogen (secondary N) is 1. The number of hydrogen-bond donors (Lipinski definition) is 2. The second-order valence-corrected chi connectivity index (χ2v) is 6.70. The molecule has 120 valence electrons. The van der Waals surface area contributed by atoms with Crippen molar-refractivity contribution in [3.63, 3.8) is 0 Å². The van der Waals surface area contributed by atoms with E-state index in [9.17, 15) is 4.79 Å². The molecule has 1 aliphatic rings. The second-order valence-electron chi connectivity index (χ2n) is 5.18. The van der Waals surface area contributed by atoms with E-state index in [1.807, 2.05) is 5.38 Å². The van der Waals surface area contributed by atoms with Crippen molar-refractivity contribution in [2.75, 3.05) is 19.6 Å². The van der Waals surface area contributed by atoms with Crippen LogP contribution in [0.3, 0.4) is 0 Å². The summed E-state index contributed by atoms with van der Waals surface area (Å²) in [6, 6.07) is 2.49. The fourth-order valence-corrected chi connectivity index (χ4v) is 3.51. The molecule has 1 aromatic heterocycles. The molecule has 3 N–H and O–H groups in total. The van der Waals surface area contributed by atoms with E-state index in [4.69, 9.17) is 17.3 Å². The average molecular weight is 352 g/mol. The van der Waals surface area contributed by atoms with Gasteiger partial charge in [-0.05, 0) is 36.4 Å². The van der Waals surface area contributed by atoms with Crippen molar-refractivity contribution in [1.29, 1.82) is 0 Å². The highest BCUT2D eigenvalue weighted by Crippen LogP contribution is 2.26. The molecule has 4 nitrogen and oxygen atoms in total. The summed E-state index contributed by atoms with van der Waals surface area (Å²) >= 11 is 7.76. The molecule has 2 heterocycles. The third-order valence-electron chi connectivity index (χ3n) is 3.72. The number of carbonyl (C=O) groups is 1. The van der Waals surface area contributed by atoms with Gasteiger partial charge in [-0.2, -0.15) is 0 Å². The van der Waals surface area contributed by atoms with Crippen LogP contribution in [0.1, 0.15) is 31.2 Å². The first kappa shape index (κ1) is 18.7. The quantitative estimate of drug-likeness (QED) is 0.828. The molecule has 1 fully saturated rings. The van der Waals surface area contributed by atoms with Crippen molar-refractivity contribution in [1.82, 2.24) is 10.2 Å². The van der Waals surface area contributed by atoms with Gasteiger partial charge in [0.15, 0.2) is 0 Å². The molecule has 1 saturated heterocycles. The zero-order valence-electron chi connectivity index (χ0n) is 12.0. The third-order valence-corrected chi connectivity index (χ3v) is 4.97. The highest BCUT2D eigenvalue weighted by Gasteiger charge is 2.23. The number of piperidine rings is 1. The summed E-state index contributed by atoms with van der Waals surface area (Å²) in [6.45, 7) is 3.06. The molecule has 0 aromatic carbocycles. The maximum atomic E-state index is 11.5. The largest absolute Gasteiger partial charge is 0.354 e. The van der Waals surface area contributed by atoms with Crippen molar-refractivity contribution >= 4 is 41.3 Å². The lowest BCUT2D eigenvalue weighted by Gasteiger charge is -2.35. The summed E-state index contributed by atoms with van der Waals surface area (Å²) in [5.41, 5.74) is 6.58. The monoisotopic (exact) mass is 351 g/mol. The summed E-state index contributed by atoms with van der Waals surface area (Å²) in [6.07, 6.45) is 3.98. The van der Waals surface area contributed by atoms with Gasteiger partial charge in [-0.3, -0.25) is 9.69 Å². The maximum absolute atomic E-state index is 11.5. The Hall–Kier alpha value is -0.330. The Morgan fingerprint density at radius 1 is 1.52 bits per heavy atom. The lowest BCUT2D eigenvalue weighted by Crippen LogP contribution is -2.46. The van der Waals surface area contributed by atoms with Crippen molar-refractivity contribution < 1.29 is 4.79 Å². The van der Waals surface area contributed by atoms with Crippen LogP contribution in [0.4, 0.5) is 0 Å². The topological polar surface area (TPSA) is 58.4 Å². The SMILES string of the molecule is Cl.NCCC(=O)NCC1CCCCN1Cc1ccsc1Cl. The van der Waals surface area contributed by atoms with Crippen LogP contribution in [0, 0.1) is 0 Å². The maximum Gasteiger partial charge on any atom is 0.221 e. The Balaban J connectivity index is 0.00000220. The zero-order valence-corrected chi connectivity index (χ0v) is 14.4. The molecular weight excluding hydrogens is 329 g/mol. The number of thiophene rings is 1. The minimum absolute atomic E-state index is 0. The second kappa shape index (κ2) is 9.64. The first-order chi connectivity index (χ1) is 9.70. The van der Waals surface area contributed by atoms with Crippen molar-refractivity contribution in [3.05, 3.63) is 21.3 Å². The molecule has 1 atom stereocenters. The number of nitrogens with zero attached hydrogens (tertiary/aromatic N) is 1. The number of hydrogen-bond acceptors (Lipinski definition) is 4. The average Bonchev–Trinajstić information content (AvgIpc) is 2.84. The molecule has 1 aromatic rings. The summed E-state index contributed by atoms with van der Waals surface area (Å²) < 4.78 is 0.876. The number of rotatable bonds is 6. The van der Waals surface area contributed by atoms with Gasteiger partial charge < -0.3 is 11.1 Å². The molecule has 0 aliphatic carbocycles. The standard InChI is InChI=1S/C14H22ClN3OS.ClH/c15-14-11(5-8-20-14)10-18-7-2-1-3-12(18)9-17-13(19)4-6-16;/h5,8,12H,1-4,6-7,9-10,16H2,(H,17,19);1H. The van der Waals surface area contributed by atoms with Crippen molar-refractivity contribution in [2.24, 2.45) is 5.73 Å². The molecular formula is C14H23Cl2N3OS. The van der Waals surface area contributed by atoms with Crippen LogP contribution in [0.15, 0.2) is 11.4 Å². The van der Waals surface area contributed by atoms with E-state index in [-0.39, 0.29) is 18.3 Å². The van der Waals surface area contributed by atoms with Crippen LogP contribution in [0.2, 0.25) is 4.34 Å². The fraction of sp³-hybridized carbons (Fsp3) is 0.643. The van der Waals surface area contributed by atoms with E-state index in [2.05, 4.69) is 16.3 Å². The minimum atomic E-state index is 0. The van der Waals surface area contributed by atoms with Gasteiger partial charge in [-0.1, -0.05) is 18.0 Å². The van der Waals surface area contributed by atoms with Crippen molar-refractivity contribution in [3.8, 4) is 0 Å². The molecule has 0 spiro atoms. The summed E-state index contributed by atoms with van der Waals surface area (Å²) in [5.74, 6) is 0.0478. The highest BCUT2D eigenvalue weighted by atomic mass is 35.5. The van der Waals surface area contributed by atoms with Crippen LogP contribution in [-0.4, -0.2) is 36.5 Å². The van der Waals surface area contributed by atoms with Crippen LogP contribution in [-0.2, 0) is 11.3 Å². The first-order valence-corrected chi connectivity index (χ1v) is 8.39. The summed E-state index contributed by atoms with van der Waals surface area (Å²) in [5, 5.41) is 5.01. The first-order valence-electron chi connectivity index (χ1n) is 7.13. The van der Waals surface area contributed by atoms with E-state index < -0.39 is 0 Å². The molecule has 1 aliphatic heterocycles. The van der Waals surface area contributed by atoms with Crippen LogP contribution >= 0.6 is 35.3 Å². The molecule has 7 heteroatoms. The Kier molecular flexibility index (Phi) is 8.59. The van der Waals surface area contributed by atoms with Crippen molar-refractivity contribution in [2.45, 2.75) is 38.3 Å². The molecule has 1 amide bonds. The molecule has 0 radical (unpaired) electrons. The Morgan fingerprint density at radius 2 is 2.33 bits per heavy atom. The highest BCUT2D eigenvalue weighted by molar-refractivity contribution is 7.14. The van der Waals surface area contributed by atoms with Crippen LogP contribution in [0.5, 0.6) is 0 Å². The number of carbonyl (C=O) groups excluding carboxylic acids is 1. The van der Waals surface area contributed by atoms with Gasteiger partial charge in [0.05, 0.1) is 4.34 Å². The molecule has 21 heavy (non-hydrogen) atoms. The number of amides is 1. The lowest BCUT2D eigenvalue weighted by molar-refractivity contribution is -0.121. The Bertz CT molecular complexity index is 442. The van der Waals surface area contributed by atoms with E-state index in [0.29, 0.717) is 25.6 Å². The minimum Gasteiger partial charge on any atom is -0.354 e. The predicted octanol–water partition coefficient (Wildman–Crippen LogP) is 2.64. The van der Waals surface area contributed by atoms with E-state index in [1.165, 1.54) is 18.4 Å². The van der Waals surface area contributed by atoms with E-state index in [0.717, 1.165) is 23.8 Å². The predicted molar refractivity (Wildman–Crippen MR) is 91.3 cm³/mol. The van der Waals surface area contributed by atoms with E-state index in [1.54, 1.807) is 11.3 Å². The number of nitrogens with two attached hydrogens (primary N) is 1. The number of halogens is 2. The fourth-order valence-electron chi connectivity index (χ4n) is 2.60. The van der Waals surface area contributed by atoms with Gasteiger partial charge in [0.1, 0.15) is 0 Å². The zero-order chi connectivity index (χ0) is 14.4.